The molecule has 0 bridgehead atoms. The fourth-order valence-electron chi connectivity index (χ4n) is 3.18. The molecule has 0 atom stereocenters. The van der Waals surface area contributed by atoms with Crippen LogP contribution in [0.15, 0.2) is 47.3 Å². The number of rotatable bonds is 6. The van der Waals surface area contributed by atoms with E-state index in [1.54, 1.807) is 36.5 Å². The molecule has 0 spiro atoms. The van der Waals surface area contributed by atoms with Crippen LogP contribution in [-0.2, 0) is 6.54 Å². The first-order valence-corrected chi connectivity index (χ1v) is 9.73. The Balaban J connectivity index is 1.62. The molecular weight excluding hydrogens is 368 g/mol. The fraction of sp³-hybridized carbons (Fsp3) is 0.300. The maximum atomic E-state index is 13.1. The number of halogens is 2. The lowest BCUT2D eigenvalue weighted by atomic mass is 10.0. The van der Waals surface area contributed by atoms with E-state index in [2.05, 4.69) is 10.5 Å². The Morgan fingerprint density at radius 1 is 1.37 bits per heavy atom. The summed E-state index contributed by atoms with van der Waals surface area (Å²) in [4.78, 5) is 15.0. The predicted molar refractivity (Wildman–Crippen MR) is 101 cm³/mol. The van der Waals surface area contributed by atoms with Gasteiger partial charge in [0.2, 0.25) is 0 Å². The smallest absolute Gasteiger partial charge is 0.331 e. The summed E-state index contributed by atoms with van der Waals surface area (Å²) in [6.45, 7) is -0.395. The number of alkyl halides is 2. The third-order valence-electron chi connectivity index (χ3n) is 4.72. The first-order valence-electron chi connectivity index (χ1n) is 8.79. The van der Waals surface area contributed by atoms with Gasteiger partial charge in [0.25, 0.3) is 5.91 Å². The minimum atomic E-state index is -2.68. The van der Waals surface area contributed by atoms with Gasteiger partial charge in [-0.05, 0) is 59.9 Å². The SMILES string of the molecule is Cc1nn(C(F)F)cc1-c1cccc(C(=O)N(Cc2ccsc2)C2CC2)c1. The summed E-state index contributed by atoms with van der Waals surface area (Å²) < 4.78 is 26.5. The summed E-state index contributed by atoms with van der Waals surface area (Å²) in [6, 6.07) is 9.47. The highest BCUT2D eigenvalue weighted by Crippen LogP contribution is 2.31. The van der Waals surface area contributed by atoms with Crippen LogP contribution in [0.1, 0.15) is 41.0 Å². The van der Waals surface area contributed by atoms with Gasteiger partial charge < -0.3 is 4.90 Å². The second-order valence-electron chi connectivity index (χ2n) is 6.76. The van der Waals surface area contributed by atoms with E-state index in [1.165, 1.54) is 6.20 Å². The van der Waals surface area contributed by atoms with Gasteiger partial charge in [0, 0.05) is 29.9 Å². The second kappa shape index (κ2) is 7.23. The molecule has 0 saturated heterocycles. The molecule has 0 radical (unpaired) electrons. The molecule has 0 aliphatic heterocycles. The van der Waals surface area contributed by atoms with Gasteiger partial charge in [0.05, 0.1) is 5.69 Å². The van der Waals surface area contributed by atoms with Crippen molar-refractivity contribution in [1.29, 1.82) is 0 Å². The van der Waals surface area contributed by atoms with Crippen LogP contribution in [-0.4, -0.2) is 26.6 Å². The first-order chi connectivity index (χ1) is 13.0. The van der Waals surface area contributed by atoms with Gasteiger partial charge in [0.1, 0.15) is 0 Å². The van der Waals surface area contributed by atoms with E-state index in [0.717, 1.165) is 24.0 Å². The summed E-state index contributed by atoms with van der Waals surface area (Å²) in [6.07, 6.45) is 3.37. The molecule has 27 heavy (non-hydrogen) atoms. The maximum absolute atomic E-state index is 13.1. The van der Waals surface area contributed by atoms with Crippen molar-refractivity contribution < 1.29 is 13.6 Å². The standard InChI is InChI=1S/C20H19F2N3OS/c1-13-18(11-25(23-13)20(21)22)15-3-2-4-16(9-15)19(26)24(17-5-6-17)10-14-7-8-27-12-14/h2-4,7-9,11-12,17,20H,5-6,10H2,1H3. The van der Waals surface area contributed by atoms with Crippen LogP contribution in [0.3, 0.4) is 0 Å². The monoisotopic (exact) mass is 387 g/mol. The van der Waals surface area contributed by atoms with E-state index >= 15 is 0 Å². The third kappa shape index (κ3) is 3.78. The topological polar surface area (TPSA) is 38.1 Å². The molecule has 2 heterocycles. The third-order valence-corrected chi connectivity index (χ3v) is 5.45. The number of hydrogen-bond acceptors (Lipinski definition) is 3. The molecule has 1 fully saturated rings. The van der Waals surface area contributed by atoms with Crippen molar-refractivity contribution in [3.05, 3.63) is 64.1 Å². The van der Waals surface area contributed by atoms with Crippen molar-refractivity contribution >= 4 is 17.2 Å². The van der Waals surface area contributed by atoms with Gasteiger partial charge in [-0.3, -0.25) is 4.79 Å². The van der Waals surface area contributed by atoms with E-state index in [1.807, 2.05) is 22.4 Å². The summed E-state index contributed by atoms with van der Waals surface area (Å²) in [5, 5.41) is 7.92. The number of nitrogens with zero attached hydrogens (tertiary/aromatic N) is 3. The van der Waals surface area contributed by atoms with Crippen LogP contribution in [0.2, 0.25) is 0 Å². The molecular formula is C20H19F2N3OS. The highest BCUT2D eigenvalue weighted by molar-refractivity contribution is 7.07. The summed E-state index contributed by atoms with van der Waals surface area (Å²) in [5.41, 5.74) is 3.54. The molecule has 2 aromatic heterocycles. The molecule has 3 aromatic rings. The highest BCUT2D eigenvalue weighted by atomic mass is 32.1. The van der Waals surface area contributed by atoms with Gasteiger partial charge in [-0.1, -0.05) is 12.1 Å². The fourth-order valence-corrected chi connectivity index (χ4v) is 3.84. The van der Waals surface area contributed by atoms with Crippen LogP contribution in [0, 0.1) is 6.92 Å². The van der Waals surface area contributed by atoms with Crippen molar-refractivity contribution in [2.45, 2.75) is 38.9 Å². The summed E-state index contributed by atoms with van der Waals surface area (Å²) in [5.74, 6) is -0.0237. The number of amides is 1. The van der Waals surface area contributed by atoms with Gasteiger partial charge in [0.15, 0.2) is 0 Å². The van der Waals surface area contributed by atoms with Gasteiger partial charge in [-0.2, -0.15) is 25.2 Å². The number of aromatic nitrogens is 2. The number of carbonyl (C=O) groups is 1. The number of benzene rings is 1. The number of thiophene rings is 1. The Kier molecular flexibility index (Phi) is 4.78. The zero-order valence-electron chi connectivity index (χ0n) is 14.8. The molecule has 4 nitrogen and oxygen atoms in total. The van der Waals surface area contributed by atoms with E-state index in [0.29, 0.717) is 28.0 Å². The van der Waals surface area contributed by atoms with Crippen LogP contribution in [0.4, 0.5) is 8.78 Å². The molecule has 1 aromatic carbocycles. The molecule has 0 unspecified atom stereocenters. The van der Waals surface area contributed by atoms with Gasteiger partial charge in [-0.25, -0.2) is 4.68 Å². The van der Waals surface area contributed by atoms with Crippen LogP contribution in [0.25, 0.3) is 11.1 Å². The van der Waals surface area contributed by atoms with Crippen molar-refractivity contribution in [2.24, 2.45) is 0 Å². The Hall–Kier alpha value is -2.54. The Morgan fingerprint density at radius 2 is 2.19 bits per heavy atom. The van der Waals surface area contributed by atoms with E-state index in [4.69, 9.17) is 0 Å². The summed E-state index contributed by atoms with van der Waals surface area (Å²) >= 11 is 1.62. The average molecular weight is 387 g/mol. The lowest BCUT2D eigenvalue weighted by Crippen LogP contribution is -2.32. The minimum absolute atomic E-state index is 0.0237. The average Bonchev–Trinajstić information content (AvgIpc) is 3.22. The van der Waals surface area contributed by atoms with E-state index in [-0.39, 0.29) is 11.9 Å². The van der Waals surface area contributed by atoms with Gasteiger partial charge in [-0.15, -0.1) is 0 Å². The quantitative estimate of drug-likeness (QED) is 0.589. The molecule has 140 valence electrons. The molecule has 4 rings (SSSR count). The minimum Gasteiger partial charge on any atom is -0.331 e. The van der Waals surface area contributed by atoms with E-state index < -0.39 is 6.55 Å². The molecule has 1 aliphatic rings. The lowest BCUT2D eigenvalue weighted by Gasteiger charge is -2.22. The Labute approximate surface area is 160 Å². The maximum Gasteiger partial charge on any atom is 0.333 e. The van der Waals surface area contributed by atoms with E-state index in [9.17, 15) is 13.6 Å². The lowest BCUT2D eigenvalue weighted by molar-refractivity contribution is 0.0563. The first kappa shape index (κ1) is 17.9. The largest absolute Gasteiger partial charge is 0.333 e. The highest BCUT2D eigenvalue weighted by Gasteiger charge is 2.33. The number of aryl methyl sites for hydroxylation is 1. The molecule has 1 amide bonds. The molecule has 0 N–H and O–H groups in total. The second-order valence-corrected chi connectivity index (χ2v) is 7.54. The molecule has 7 heteroatoms. The van der Waals surface area contributed by atoms with Crippen molar-refractivity contribution in [1.82, 2.24) is 14.7 Å². The normalized spacial score (nSPS) is 13.9. The Bertz CT molecular complexity index is 948. The Morgan fingerprint density at radius 3 is 2.81 bits per heavy atom. The van der Waals surface area contributed by atoms with Crippen LogP contribution in [0.5, 0.6) is 0 Å². The van der Waals surface area contributed by atoms with Crippen molar-refractivity contribution in [3.63, 3.8) is 0 Å². The van der Waals surface area contributed by atoms with Crippen molar-refractivity contribution in [3.8, 4) is 11.1 Å². The molecule has 1 saturated carbocycles. The van der Waals surface area contributed by atoms with Crippen LogP contribution >= 0.6 is 11.3 Å². The zero-order chi connectivity index (χ0) is 19.0. The van der Waals surface area contributed by atoms with Crippen LogP contribution < -0.4 is 0 Å². The summed E-state index contributed by atoms with van der Waals surface area (Å²) in [7, 11) is 0. The predicted octanol–water partition coefficient (Wildman–Crippen LogP) is 5.12. The zero-order valence-corrected chi connectivity index (χ0v) is 15.6. The number of carbonyl (C=O) groups excluding carboxylic acids is 1. The number of hydrogen-bond donors (Lipinski definition) is 0. The van der Waals surface area contributed by atoms with Crippen molar-refractivity contribution in [2.75, 3.05) is 0 Å². The van der Waals surface area contributed by atoms with Gasteiger partial charge >= 0.3 is 6.55 Å². The molecule has 1 aliphatic carbocycles.